The predicted molar refractivity (Wildman–Crippen MR) is 166 cm³/mol. The highest BCUT2D eigenvalue weighted by Gasteiger charge is 2.42. The summed E-state index contributed by atoms with van der Waals surface area (Å²) in [7, 11) is 0. The van der Waals surface area contributed by atoms with E-state index in [0.29, 0.717) is 36.0 Å². The summed E-state index contributed by atoms with van der Waals surface area (Å²) in [5.41, 5.74) is 0.0338. The number of benzene rings is 3. The van der Waals surface area contributed by atoms with Gasteiger partial charge < -0.3 is 14.2 Å². The van der Waals surface area contributed by atoms with Gasteiger partial charge in [-0.3, -0.25) is 0 Å². The zero-order chi connectivity index (χ0) is 33.5. The van der Waals surface area contributed by atoms with E-state index in [1.54, 1.807) is 31.2 Å². The fraction of sp³-hybridized carbons (Fsp3) is 0.444. The summed E-state index contributed by atoms with van der Waals surface area (Å²) in [4.78, 5) is 24.9. The Morgan fingerprint density at radius 2 is 1.20 bits per heavy atom. The van der Waals surface area contributed by atoms with Gasteiger partial charge in [-0.1, -0.05) is 83.4 Å². The van der Waals surface area contributed by atoms with Crippen molar-refractivity contribution in [1.29, 1.82) is 0 Å². The Bertz CT molecular complexity index is 1400. The zero-order valence-corrected chi connectivity index (χ0v) is 26.3. The van der Waals surface area contributed by atoms with Crippen LogP contribution in [-0.4, -0.2) is 30.8 Å². The Kier molecular flexibility index (Phi) is 14.5. The molecule has 0 bridgehead atoms. The van der Waals surface area contributed by atoms with Crippen LogP contribution in [0.4, 0.5) is 22.0 Å². The van der Waals surface area contributed by atoms with E-state index < -0.39 is 53.4 Å². The topological polar surface area (TPSA) is 61.8 Å². The molecular weight excluding hydrogens is 607 g/mol. The third kappa shape index (κ3) is 11.4. The molecule has 0 aliphatic carbocycles. The van der Waals surface area contributed by atoms with Crippen LogP contribution in [0.5, 0.6) is 11.5 Å². The molecule has 0 spiro atoms. The SMILES string of the molecule is CCCCCCCCCCOc1ccc(-c2ccc(C(=O)Oc3ccc(C(=O)O[C@H](CCCC)C(F)(F)F)c(F)c3)c(F)c2)cc1. The van der Waals surface area contributed by atoms with E-state index in [0.717, 1.165) is 25.0 Å². The number of esters is 2. The fourth-order valence-corrected chi connectivity index (χ4v) is 4.79. The van der Waals surface area contributed by atoms with Crippen molar-refractivity contribution in [3.8, 4) is 22.6 Å². The molecule has 250 valence electrons. The molecule has 46 heavy (non-hydrogen) atoms. The summed E-state index contributed by atoms with van der Waals surface area (Å²) >= 11 is 0. The van der Waals surface area contributed by atoms with Crippen molar-refractivity contribution in [1.82, 2.24) is 0 Å². The molecule has 3 aromatic rings. The van der Waals surface area contributed by atoms with E-state index >= 15 is 0 Å². The third-order valence-electron chi connectivity index (χ3n) is 7.45. The second kappa shape index (κ2) is 18.3. The van der Waals surface area contributed by atoms with Crippen LogP contribution in [0.25, 0.3) is 11.1 Å². The van der Waals surface area contributed by atoms with Gasteiger partial charge in [-0.05, 0) is 66.8 Å². The Hall–Kier alpha value is -3.95. The first-order chi connectivity index (χ1) is 22.0. The number of halogens is 5. The van der Waals surface area contributed by atoms with Gasteiger partial charge in [-0.2, -0.15) is 13.2 Å². The number of carbonyl (C=O) groups is 2. The second-order valence-electron chi connectivity index (χ2n) is 11.2. The molecule has 0 aromatic heterocycles. The molecule has 3 aromatic carbocycles. The Labute approximate surface area is 267 Å². The smallest absolute Gasteiger partial charge is 0.425 e. The van der Waals surface area contributed by atoms with E-state index in [1.807, 2.05) is 0 Å². The van der Waals surface area contributed by atoms with Crippen LogP contribution in [0, 0.1) is 11.6 Å². The molecule has 0 amide bonds. The minimum atomic E-state index is -4.80. The minimum absolute atomic E-state index is 0.160. The van der Waals surface area contributed by atoms with Crippen molar-refractivity contribution in [2.24, 2.45) is 0 Å². The van der Waals surface area contributed by atoms with Gasteiger partial charge in [0.1, 0.15) is 23.1 Å². The van der Waals surface area contributed by atoms with Gasteiger partial charge >= 0.3 is 18.1 Å². The molecule has 0 N–H and O–H groups in total. The van der Waals surface area contributed by atoms with Crippen molar-refractivity contribution >= 4 is 11.9 Å². The van der Waals surface area contributed by atoms with Crippen LogP contribution < -0.4 is 9.47 Å². The van der Waals surface area contributed by atoms with Crippen LogP contribution in [0.3, 0.4) is 0 Å². The molecule has 0 heterocycles. The molecular formula is C36H41F5O5. The standard InChI is InChI=1S/C36H41F5O5/c1-3-5-7-8-9-10-11-12-22-44-27-17-14-25(15-18-27)26-16-20-29(31(37)23-26)34(42)45-28-19-21-30(32(38)24-28)35(43)46-33(13-6-4-2)36(39,40)41/h14-21,23-24,33H,3-13,22H2,1-2H3/t33-/m1/s1. The molecule has 0 saturated carbocycles. The third-order valence-corrected chi connectivity index (χ3v) is 7.45. The lowest BCUT2D eigenvalue weighted by Gasteiger charge is -2.20. The largest absolute Gasteiger partial charge is 0.494 e. The highest BCUT2D eigenvalue weighted by atomic mass is 19.4. The van der Waals surface area contributed by atoms with Gasteiger partial charge in [0.25, 0.3) is 0 Å². The molecule has 5 nitrogen and oxygen atoms in total. The normalized spacial score (nSPS) is 12.1. The molecule has 0 aliphatic heterocycles. The first-order valence-corrected chi connectivity index (χ1v) is 15.9. The van der Waals surface area contributed by atoms with Crippen LogP contribution in [0.2, 0.25) is 0 Å². The van der Waals surface area contributed by atoms with Gasteiger partial charge in [0.15, 0.2) is 6.10 Å². The maximum atomic E-state index is 14.9. The second-order valence-corrected chi connectivity index (χ2v) is 11.2. The maximum Gasteiger partial charge on any atom is 0.425 e. The number of unbranched alkanes of at least 4 members (excludes halogenated alkanes) is 8. The van der Waals surface area contributed by atoms with Crippen molar-refractivity contribution in [2.75, 3.05) is 6.61 Å². The average molecular weight is 649 g/mol. The molecule has 0 fully saturated rings. The average Bonchev–Trinajstić information content (AvgIpc) is 3.01. The highest BCUT2D eigenvalue weighted by Crippen LogP contribution is 2.29. The van der Waals surface area contributed by atoms with Crippen molar-refractivity contribution in [3.63, 3.8) is 0 Å². The number of alkyl halides is 3. The lowest BCUT2D eigenvalue weighted by atomic mass is 10.0. The summed E-state index contributed by atoms with van der Waals surface area (Å²) in [6, 6.07) is 13.6. The molecule has 10 heteroatoms. The number of ether oxygens (including phenoxy) is 3. The number of rotatable bonds is 18. The van der Waals surface area contributed by atoms with E-state index in [4.69, 9.17) is 9.47 Å². The maximum absolute atomic E-state index is 14.9. The molecule has 0 unspecified atom stereocenters. The quantitative estimate of drug-likeness (QED) is 0.0594. The van der Waals surface area contributed by atoms with Gasteiger partial charge in [0.2, 0.25) is 0 Å². The van der Waals surface area contributed by atoms with Gasteiger partial charge in [-0.15, -0.1) is 0 Å². The van der Waals surface area contributed by atoms with Crippen molar-refractivity contribution in [2.45, 2.75) is 96.8 Å². The zero-order valence-electron chi connectivity index (χ0n) is 26.3. The van der Waals surface area contributed by atoms with Crippen molar-refractivity contribution < 1.29 is 45.8 Å². The minimum Gasteiger partial charge on any atom is -0.494 e. The highest BCUT2D eigenvalue weighted by molar-refractivity contribution is 5.93. The van der Waals surface area contributed by atoms with Crippen molar-refractivity contribution in [3.05, 3.63) is 83.4 Å². The summed E-state index contributed by atoms with van der Waals surface area (Å²) in [6.07, 6.45) is 2.65. The lowest BCUT2D eigenvalue weighted by molar-refractivity contribution is -0.206. The molecule has 0 radical (unpaired) electrons. The van der Waals surface area contributed by atoms with E-state index in [9.17, 15) is 31.5 Å². The van der Waals surface area contributed by atoms with Gasteiger partial charge in [0, 0.05) is 6.07 Å². The van der Waals surface area contributed by atoms with E-state index in [1.165, 1.54) is 56.7 Å². The number of carbonyl (C=O) groups excluding carboxylic acids is 2. The fourth-order valence-electron chi connectivity index (χ4n) is 4.79. The van der Waals surface area contributed by atoms with Gasteiger partial charge in [-0.25, -0.2) is 18.4 Å². The predicted octanol–water partition coefficient (Wildman–Crippen LogP) is 10.6. The number of hydrogen-bond acceptors (Lipinski definition) is 5. The van der Waals surface area contributed by atoms with E-state index in [2.05, 4.69) is 11.7 Å². The molecule has 3 rings (SSSR count). The van der Waals surface area contributed by atoms with E-state index in [-0.39, 0.29) is 12.2 Å². The number of hydrogen-bond donors (Lipinski definition) is 0. The van der Waals surface area contributed by atoms with Crippen LogP contribution in [-0.2, 0) is 4.74 Å². The molecule has 0 aliphatic rings. The Morgan fingerprint density at radius 1 is 0.652 bits per heavy atom. The first-order valence-electron chi connectivity index (χ1n) is 15.9. The summed E-state index contributed by atoms with van der Waals surface area (Å²) in [6.45, 7) is 4.51. The van der Waals surface area contributed by atoms with Crippen LogP contribution in [0.1, 0.15) is 105 Å². The lowest BCUT2D eigenvalue weighted by Crippen LogP contribution is -2.34. The summed E-state index contributed by atoms with van der Waals surface area (Å²) in [5.74, 6) is -4.42. The monoisotopic (exact) mass is 648 g/mol. The summed E-state index contributed by atoms with van der Waals surface area (Å²) in [5, 5.41) is 0. The Morgan fingerprint density at radius 3 is 1.80 bits per heavy atom. The molecule has 0 saturated heterocycles. The summed E-state index contributed by atoms with van der Waals surface area (Å²) < 4.78 is 84.5. The van der Waals surface area contributed by atoms with Gasteiger partial charge in [0.05, 0.1) is 17.7 Å². The Balaban J connectivity index is 1.54. The van der Waals surface area contributed by atoms with Crippen LogP contribution in [0.15, 0.2) is 60.7 Å². The van der Waals surface area contributed by atoms with Crippen LogP contribution >= 0.6 is 0 Å². The first kappa shape index (κ1) is 36.5. The molecule has 1 atom stereocenters.